The molecule has 3 nitrogen and oxygen atoms in total. The maximum absolute atomic E-state index is 12.2. The average molecular weight is 306 g/mol. The number of Topliss-reactive ketones (excluding diaryl/α,β-unsaturated/α-hetero) is 1. The van der Waals surface area contributed by atoms with Gasteiger partial charge in [0.25, 0.3) is 0 Å². The molecule has 3 aliphatic carbocycles. The molecule has 4 unspecified atom stereocenters. The Bertz CT molecular complexity index is 430. The molecule has 0 aromatic rings. The van der Waals surface area contributed by atoms with E-state index < -0.39 is 0 Å². The van der Waals surface area contributed by atoms with Gasteiger partial charge in [0, 0.05) is 12.8 Å². The number of aliphatic hydroxyl groups excluding tert-OH is 2. The average Bonchev–Trinajstić information content (AvgIpc) is 3.15. The highest BCUT2D eigenvalue weighted by atomic mass is 16.3. The second-order valence-electron chi connectivity index (χ2n) is 7.63. The van der Waals surface area contributed by atoms with Crippen LogP contribution in [0.2, 0.25) is 0 Å². The molecule has 2 N–H and O–H groups in total. The van der Waals surface area contributed by atoms with Crippen LogP contribution in [0.3, 0.4) is 0 Å². The number of ketones is 1. The molecule has 0 aromatic carbocycles. The molecule has 3 rings (SSSR count). The Hall–Kier alpha value is -0.670. The number of hydrogen-bond donors (Lipinski definition) is 2. The maximum Gasteiger partial charge on any atom is 0.133 e. The molecule has 3 aliphatic rings. The lowest BCUT2D eigenvalue weighted by Gasteiger charge is -2.26. The van der Waals surface area contributed by atoms with Crippen LogP contribution in [-0.4, -0.2) is 28.2 Å². The molecule has 22 heavy (non-hydrogen) atoms. The van der Waals surface area contributed by atoms with Crippen LogP contribution in [0.1, 0.15) is 58.3 Å². The Morgan fingerprint density at radius 2 is 1.86 bits per heavy atom. The predicted octanol–water partition coefficient (Wildman–Crippen LogP) is 3.10. The van der Waals surface area contributed by atoms with Gasteiger partial charge in [-0.1, -0.05) is 25.5 Å². The Morgan fingerprint density at radius 1 is 1.09 bits per heavy atom. The molecule has 0 saturated heterocycles. The van der Waals surface area contributed by atoms with Crippen LogP contribution in [0.25, 0.3) is 0 Å². The minimum absolute atomic E-state index is 0.255. The molecule has 2 fully saturated rings. The molecule has 7 atom stereocenters. The van der Waals surface area contributed by atoms with Crippen LogP contribution in [0.15, 0.2) is 12.2 Å². The van der Waals surface area contributed by atoms with E-state index in [-0.39, 0.29) is 24.0 Å². The van der Waals surface area contributed by atoms with E-state index in [1.165, 1.54) is 0 Å². The summed E-state index contributed by atoms with van der Waals surface area (Å²) in [5.74, 6) is 2.20. The largest absolute Gasteiger partial charge is 0.393 e. The number of aliphatic hydroxyl groups is 2. The maximum atomic E-state index is 12.2. The second kappa shape index (κ2) is 6.84. The number of carbonyl (C=O) groups excluding carboxylic acids is 1. The fourth-order valence-electron chi connectivity index (χ4n) is 5.17. The van der Waals surface area contributed by atoms with E-state index in [2.05, 4.69) is 19.1 Å². The first-order chi connectivity index (χ1) is 10.6. The van der Waals surface area contributed by atoms with Crippen molar-refractivity contribution in [2.24, 2.45) is 29.6 Å². The first-order valence-electron chi connectivity index (χ1n) is 9.16. The van der Waals surface area contributed by atoms with Crippen molar-refractivity contribution in [2.45, 2.75) is 70.5 Å². The van der Waals surface area contributed by atoms with Crippen molar-refractivity contribution in [1.29, 1.82) is 0 Å². The molecular weight excluding hydrogens is 276 g/mol. The van der Waals surface area contributed by atoms with Crippen molar-refractivity contribution in [3.63, 3.8) is 0 Å². The van der Waals surface area contributed by atoms with Gasteiger partial charge in [0.15, 0.2) is 0 Å². The van der Waals surface area contributed by atoms with Crippen LogP contribution in [-0.2, 0) is 4.79 Å². The van der Waals surface area contributed by atoms with Crippen LogP contribution in [0, 0.1) is 29.6 Å². The van der Waals surface area contributed by atoms with Gasteiger partial charge in [-0.25, -0.2) is 0 Å². The smallest absolute Gasteiger partial charge is 0.133 e. The van der Waals surface area contributed by atoms with E-state index in [1.54, 1.807) is 0 Å². The van der Waals surface area contributed by atoms with Crippen molar-refractivity contribution in [3.05, 3.63) is 12.2 Å². The molecule has 0 aliphatic heterocycles. The number of allylic oxidation sites excluding steroid dienone is 1. The third kappa shape index (κ3) is 3.16. The van der Waals surface area contributed by atoms with Gasteiger partial charge in [0.1, 0.15) is 5.78 Å². The van der Waals surface area contributed by atoms with E-state index >= 15 is 0 Å². The van der Waals surface area contributed by atoms with Gasteiger partial charge in [-0.2, -0.15) is 0 Å². The molecule has 0 aromatic heterocycles. The van der Waals surface area contributed by atoms with E-state index in [9.17, 15) is 15.0 Å². The molecule has 0 spiro atoms. The quantitative estimate of drug-likeness (QED) is 0.732. The predicted molar refractivity (Wildman–Crippen MR) is 86.2 cm³/mol. The van der Waals surface area contributed by atoms with E-state index in [4.69, 9.17) is 0 Å². The lowest BCUT2D eigenvalue weighted by molar-refractivity contribution is -0.120. The highest BCUT2D eigenvalue weighted by Crippen LogP contribution is 2.64. The van der Waals surface area contributed by atoms with Crippen molar-refractivity contribution in [3.8, 4) is 0 Å². The SMILES string of the molecule is CCC1CC(=O)CCCC/C=C\CC(O)C2C3[C@@H]2[C@H]1C[C@@H]3O. The topological polar surface area (TPSA) is 57.5 Å². The summed E-state index contributed by atoms with van der Waals surface area (Å²) < 4.78 is 0. The lowest BCUT2D eigenvalue weighted by atomic mass is 9.80. The monoisotopic (exact) mass is 306 g/mol. The molecule has 0 amide bonds. The van der Waals surface area contributed by atoms with E-state index in [0.29, 0.717) is 42.8 Å². The summed E-state index contributed by atoms with van der Waals surface area (Å²) in [7, 11) is 0. The zero-order valence-electron chi connectivity index (χ0n) is 13.7. The minimum Gasteiger partial charge on any atom is -0.393 e. The highest BCUT2D eigenvalue weighted by molar-refractivity contribution is 5.78. The number of hydrogen-bond acceptors (Lipinski definition) is 3. The van der Waals surface area contributed by atoms with E-state index in [1.807, 2.05) is 0 Å². The molecule has 3 heteroatoms. The van der Waals surface area contributed by atoms with Gasteiger partial charge in [0.05, 0.1) is 12.2 Å². The van der Waals surface area contributed by atoms with Crippen LogP contribution in [0.5, 0.6) is 0 Å². The summed E-state index contributed by atoms with van der Waals surface area (Å²) in [5.41, 5.74) is 0. The number of fused-ring (bicyclic) bond motifs is 1. The van der Waals surface area contributed by atoms with Crippen molar-refractivity contribution in [2.75, 3.05) is 0 Å². The van der Waals surface area contributed by atoms with Crippen molar-refractivity contribution < 1.29 is 15.0 Å². The second-order valence-corrected chi connectivity index (χ2v) is 7.63. The number of rotatable bonds is 1. The van der Waals surface area contributed by atoms with Crippen LogP contribution in [0.4, 0.5) is 0 Å². The van der Waals surface area contributed by atoms with E-state index in [0.717, 1.165) is 32.1 Å². The first-order valence-corrected chi connectivity index (χ1v) is 9.16. The Morgan fingerprint density at radius 3 is 2.64 bits per heavy atom. The van der Waals surface area contributed by atoms with Crippen LogP contribution >= 0.6 is 0 Å². The van der Waals surface area contributed by atoms with Crippen molar-refractivity contribution in [1.82, 2.24) is 0 Å². The summed E-state index contributed by atoms with van der Waals surface area (Å²) in [6, 6.07) is 0. The third-order valence-electron chi connectivity index (χ3n) is 6.33. The van der Waals surface area contributed by atoms with Gasteiger partial charge in [-0.05, 0) is 61.7 Å². The standard InChI is InChI=1S/C19H30O3/c1-2-12-10-13(20)8-6-4-3-5-7-9-15(21)18-17-14(12)11-16(22)19(17)18/h5,7,12,14-19,21-22H,2-4,6,8-11H2,1H3/b7-5-/t12?,14-,15?,16-,17+,18?,19?/m0/s1. The summed E-state index contributed by atoms with van der Waals surface area (Å²) in [6.45, 7) is 2.16. The fourth-order valence-corrected chi connectivity index (χ4v) is 5.17. The summed E-state index contributed by atoms with van der Waals surface area (Å²) in [4.78, 5) is 12.2. The van der Waals surface area contributed by atoms with Gasteiger partial charge < -0.3 is 10.2 Å². The fraction of sp³-hybridized carbons (Fsp3) is 0.842. The number of carbonyl (C=O) groups is 1. The summed E-state index contributed by atoms with van der Waals surface area (Å²) >= 11 is 0. The van der Waals surface area contributed by atoms with Crippen molar-refractivity contribution >= 4 is 5.78 Å². The first kappa shape index (κ1) is 16.2. The molecule has 0 heterocycles. The van der Waals surface area contributed by atoms with Crippen LogP contribution < -0.4 is 0 Å². The molecule has 0 radical (unpaired) electrons. The summed E-state index contributed by atoms with van der Waals surface area (Å²) in [5, 5.41) is 20.8. The minimum atomic E-state index is -0.320. The van der Waals surface area contributed by atoms with Gasteiger partial charge in [0.2, 0.25) is 0 Å². The van der Waals surface area contributed by atoms with Gasteiger partial charge >= 0.3 is 0 Å². The lowest BCUT2D eigenvalue weighted by Crippen LogP contribution is -2.25. The summed E-state index contributed by atoms with van der Waals surface area (Å²) in [6.07, 6.45) is 10.6. The highest BCUT2D eigenvalue weighted by Gasteiger charge is 2.65. The molecular formula is C19H30O3. The molecule has 124 valence electrons. The van der Waals surface area contributed by atoms with Gasteiger partial charge in [-0.3, -0.25) is 4.79 Å². The zero-order chi connectivity index (χ0) is 15.7. The molecule has 2 saturated carbocycles. The normalized spacial score (nSPS) is 47.6. The third-order valence-corrected chi connectivity index (χ3v) is 6.33. The van der Waals surface area contributed by atoms with Gasteiger partial charge in [-0.15, -0.1) is 0 Å². The zero-order valence-corrected chi connectivity index (χ0v) is 13.7. The Balaban J connectivity index is 1.75. The molecule has 0 bridgehead atoms. The Labute approximate surface area is 133 Å². The Kier molecular flexibility index (Phi) is 5.03.